The molecule has 1 unspecified atom stereocenters. The molecule has 0 aromatic carbocycles. The van der Waals surface area contributed by atoms with Gasteiger partial charge in [-0.05, 0) is 39.7 Å². The van der Waals surface area contributed by atoms with Crippen molar-refractivity contribution in [2.24, 2.45) is 5.92 Å². The lowest BCUT2D eigenvalue weighted by atomic mass is 9.87. The molecule has 1 aliphatic rings. The van der Waals surface area contributed by atoms with Crippen LogP contribution in [0.25, 0.3) is 0 Å². The largest absolute Gasteiger partial charge is 0.379 e. The molecular weight excluding hydrogens is 212 g/mol. The van der Waals surface area contributed by atoms with Crippen LogP contribution in [0.2, 0.25) is 0 Å². The number of likely N-dealkylation sites (N-methyl/N-ethyl adjacent to an activating group) is 1. The summed E-state index contributed by atoms with van der Waals surface area (Å²) in [6.07, 6.45) is 2.54. The number of nitrogens with one attached hydrogen (secondary N) is 1. The zero-order chi connectivity index (χ0) is 12.9. The van der Waals surface area contributed by atoms with Crippen molar-refractivity contribution < 1.29 is 4.74 Å². The highest BCUT2D eigenvalue weighted by Crippen LogP contribution is 2.24. The molecule has 17 heavy (non-hydrogen) atoms. The number of hydrogen-bond acceptors (Lipinski definition) is 3. The topological polar surface area (TPSA) is 24.5 Å². The van der Waals surface area contributed by atoms with E-state index in [1.165, 1.54) is 12.8 Å². The van der Waals surface area contributed by atoms with Gasteiger partial charge in [-0.25, -0.2) is 0 Å². The zero-order valence-corrected chi connectivity index (χ0v) is 12.3. The van der Waals surface area contributed by atoms with Crippen LogP contribution < -0.4 is 5.32 Å². The molecule has 3 nitrogen and oxygen atoms in total. The molecule has 1 atom stereocenters. The fourth-order valence-corrected chi connectivity index (χ4v) is 2.71. The molecule has 0 aromatic heterocycles. The quantitative estimate of drug-likeness (QED) is 0.772. The van der Waals surface area contributed by atoms with Crippen molar-refractivity contribution >= 4 is 0 Å². The average molecular weight is 242 g/mol. The number of hydrogen-bond donors (Lipinski definition) is 1. The van der Waals surface area contributed by atoms with Gasteiger partial charge in [-0.2, -0.15) is 0 Å². The predicted molar refractivity (Wildman–Crippen MR) is 73.4 cm³/mol. The monoisotopic (exact) mass is 242 g/mol. The van der Waals surface area contributed by atoms with E-state index in [1.807, 2.05) is 0 Å². The van der Waals surface area contributed by atoms with E-state index in [2.05, 4.69) is 45.0 Å². The van der Waals surface area contributed by atoms with Crippen LogP contribution in [0.4, 0.5) is 0 Å². The van der Waals surface area contributed by atoms with E-state index in [4.69, 9.17) is 4.74 Å². The van der Waals surface area contributed by atoms with Crippen LogP contribution in [-0.4, -0.2) is 49.8 Å². The van der Waals surface area contributed by atoms with Crippen LogP contribution in [0.15, 0.2) is 0 Å². The Morgan fingerprint density at radius 1 is 1.18 bits per heavy atom. The number of rotatable bonds is 6. The van der Waals surface area contributed by atoms with Crippen LogP contribution in [0, 0.1) is 5.92 Å². The molecule has 102 valence electrons. The SMILES string of the molecule is CNC(CCC(C)C)C(C)(C)N1CCOCC1. The van der Waals surface area contributed by atoms with Gasteiger partial charge in [0.1, 0.15) is 0 Å². The minimum absolute atomic E-state index is 0.216. The number of nitrogens with zero attached hydrogens (tertiary/aromatic N) is 1. The number of morpholine rings is 1. The van der Waals surface area contributed by atoms with E-state index in [0.29, 0.717) is 6.04 Å². The lowest BCUT2D eigenvalue weighted by Crippen LogP contribution is -2.59. The third-order valence-electron chi connectivity index (χ3n) is 4.06. The van der Waals surface area contributed by atoms with E-state index in [9.17, 15) is 0 Å². The summed E-state index contributed by atoms with van der Waals surface area (Å²) in [5.74, 6) is 0.784. The van der Waals surface area contributed by atoms with Crippen molar-refractivity contribution in [3.8, 4) is 0 Å². The molecule has 1 aliphatic heterocycles. The summed E-state index contributed by atoms with van der Waals surface area (Å²) >= 11 is 0. The van der Waals surface area contributed by atoms with Gasteiger partial charge in [-0.15, -0.1) is 0 Å². The van der Waals surface area contributed by atoms with Crippen molar-refractivity contribution in [2.75, 3.05) is 33.4 Å². The zero-order valence-electron chi connectivity index (χ0n) is 12.3. The molecule has 0 saturated carbocycles. The lowest BCUT2D eigenvalue weighted by molar-refractivity contribution is -0.0239. The van der Waals surface area contributed by atoms with E-state index in [1.54, 1.807) is 0 Å². The maximum atomic E-state index is 5.44. The van der Waals surface area contributed by atoms with E-state index in [0.717, 1.165) is 32.2 Å². The van der Waals surface area contributed by atoms with Gasteiger partial charge in [0.25, 0.3) is 0 Å². The molecule has 0 aromatic rings. The average Bonchev–Trinajstić information content (AvgIpc) is 2.30. The van der Waals surface area contributed by atoms with Crippen LogP contribution in [-0.2, 0) is 4.74 Å². The third-order valence-corrected chi connectivity index (χ3v) is 4.06. The Morgan fingerprint density at radius 3 is 2.24 bits per heavy atom. The van der Waals surface area contributed by atoms with Crippen LogP contribution in [0.3, 0.4) is 0 Å². The molecule has 1 saturated heterocycles. The fourth-order valence-electron chi connectivity index (χ4n) is 2.71. The molecule has 0 bridgehead atoms. The summed E-state index contributed by atoms with van der Waals surface area (Å²) in [7, 11) is 2.09. The molecule has 0 spiro atoms. The Balaban J connectivity index is 2.56. The molecule has 1 fully saturated rings. The first-order valence-corrected chi connectivity index (χ1v) is 6.98. The first-order chi connectivity index (χ1) is 7.98. The Kier molecular flexibility index (Phi) is 5.90. The molecular formula is C14H30N2O. The molecule has 0 amide bonds. The summed E-state index contributed by atoms with van der Waals surface area (Å²) in [6.45, 7) is 13.2. The summed E-state index contributed by atoms with van der Waals surface area (Å²) < 4.78 is 5.44. The van der Waals surface area contributed by atoms with Crippen molar-refractivity contribution in [1.29, 1.82) is 0 Å². The molecule has 1 rings (SSSR count). The predicted octanol–water partition coefficient (Wildman–Crippen LogP) is 2.12. The molecule has 1 N–H and O–H groups in total. The van der Waals surface area contributed by atoms with Gasteiger partial charge < -0.3 is 10.1 Å². The van der Waals surface area contributed by atoms with E-state index < -0.39 is 0 Å². The Morgan fingerprint density at radius 2 is 1.76 bits per heavy atom. The van der Waals surface area contributed by atoms with Crippen molar-refractivity contribution in [3.05, 3.63) is 0 Å². The summed E-state index contributed by atoms with van der Waals surface area (Å²) in [5.41, 5.74) is 0.216. The third kappa shape index (κ3) is 4.23. The molecule has 3 heteroatoms. The normalized spacial score (nSPS) is 20.8. The highest BCUT2D eigenvalue weighted by molar-refractivity contribution is 4.93. The van der Waals surface area contributed by atoms with E-state index >= 15 is 0 Å². The van der Waals surface area contributed by atoms with Gasteiger partial charge in [0, 0.05) is 24.7 Å². The maximum absolute atomic E-state index is 5.44. The summed E-state index contributed by atoms with van der Waals surface area (Å²) in [4.78, 5) is 2.57. The summed E-state index contributed by atoms with van der Waals surface area (Å²) in [5, 5.41) is 3.51. The first kappa shape index (κ1) is 14.9. The summed E-state index contributed by atoms with van der Waals surface area (Å²) in [6, 6.07) is 0.558. The first-order valence-electron chi connectivity index (χ1n) is 6.98. The second-order valence-corrected chi connectivity index (χ2v) is 6.07. The lowest BCUT2D eigenvalue weighted by Gasteiger charge is -2.46. The number of ether oxygens (including phenoxy) is 1. The Labute approximate surface area is 107 Å². The minimum atomic E-state index is 0.216. The van der Waals surface area contributed by atoms with Crippen molar-refractivity contribution in [3.63, 3.8) is 0 Å². The van der Waals surface area contributed by atoms with Gasteiger partial charge in [0.2, 0.25) is 0 Å². The van der Waals surface area contributed by atoms with Gasteiger partial charge in [0.05, 0.1) is 13.2 Å². The fraction of sp³-hybridized carbons (Fsp3) is 1.00. The molecule has 0 radical (unpaired) electrons. The van der Waals surface area contributed by atoms with Crippen LogP contribution >= 0.6 is 0 Å². The highest BCUT2D eigenvalue weighted by Gasteiger charge is 2.34. The highest BCUT2D eigenvalue weighted by atomic mass is 16.5. The molecule has 0 aliphatic carbocycles. The smallest absolute Gasteiger partial charge is 0.0594 e. The van der Waals surface area contributed by atoms with Gasteiger partial charge in [-0.3, -0.25) is 4.90 Å². The standard InChI is InChI=1S/C14H30N2O/c1-12(2)6-7-13(15-5)14(3,4)16-8-10-17-11-9-16/h12-13,15H,6-11H2,1-5H3. The van der Waals surface area contributed by atoms with Gasteiger partial charge >= 0.3 is 0 Å². The maximum Gasteiger partial charge on any atom is 0.0594 e. The van der Waals surface area contributed by atoms with Gasteiger partial charge in [0.15, 0.2) is 0 Å². The van der Waals surface area contributed by atoms with Crippen LogP contribution in [0.5, 0.6) is 0 Å². The van der Waals surface area contributed by atoms with Gasteiger partial charge in [-0.1, -0.05) is 13.8 Å². The second kappa shape index (κ2) is 6.72. The van der Waals surface area contributed by atoms with Crippen molar-refractivity contribution in [1.82, 2.24) is 10.2 Å². The van der Waals surface area contributed by atoms with Crippen LogP contribution in [0.1, 0.15) is 40.5 Å². The Bertz CT molecular complexity index is 210. The Hall–Kier alpha value is -0.120. The van der Waals surface area contributed by atoms with Crippen molar-refractivity contribution in [2.45, 2.75) is 52.1 Å². The second-order valence-electron chi connectivity index (χ2n) is 6.07. The molecule has 1 heterocycles. The van der Waals surface area contributed by atoms with E-state index in [-0.39, 0.29) is 5.54 Å². The minimum Gasteiger partial charge on any atom is -0.379 e.